The number of morpholine rings is 1. The summed E-state index contributed by atoms with van der Waals surface area (Å²) in [5.41, 5.74) is 6.26. The number of nitrogens with zero attached hydrogens (tertiary/aromatic N) is 1. The minimum Gasteiger partial charge on any atom is -0.495 e. The Morgan fingerprint density at radius 3 is 2.69 bits per heavy atom. The molecule has 1 atom stereocenters. The highest BCUT2D eigenvalue weighted by atomic mass is 32.2. The van der Waals surface area contributed by atoms with Gasteiger partial charge in [-0.05, 0) is 31.0 Å². The van der Waals surface area contributed by atoms with Crippen LogP contribution in [0.15, 0.2) is 23.1 Å². The molecule has 1 aromatic rings. The van der Waals surface area contributed by atoms with E-state index in [0.29, 0.717) is 44.8 Å². The lowest BCUT2D eigenvalue weighted by molar-refractivity contribution is -0.120. The van der Waals surface area contributed by atoms with Crippen molar-refractivity contribution in [3.05, 3.63) is 23.8 Å². The van der Waals surface area contributed by atoms with Gasteiger partial charge >= 0.3 is 0 Å². The zero-order chi connectivity index (χ0) is 19.2. The molecule has 8 nitrogen and oxygen atoms in total. The monoisotopic (exact) mass is 385 g/mol. The molecule has 1 heterocycles. The maximum absolute atomic E-state index is 12.9. The minimum absolute atomic E-state index is 0.0153. The van der Waals surface area contributed by atoms with Crippen molar-refractivity contribution in [3.8, 4) is 5.75 Å². The van der Waals surface area contributed by atoms with Crippen molar-refractivity contribution in [1.29, 1.82) is 0 Å². The molecule has 1 fully saturated rings. The molecular formula is C17H27N3O5S. The summed E-state index contributed by atoms with van der Waals surface area (Å²) in [5, 5.41) is 2.79. The van der Waals surface area contributed by atoms with Gasteiger partial charge in [-0.25, -0.2) is 8.42 Å². The van der Waals surface area contributed by atoms with Gasteiger partial charge in [-0.3, -0.25) is 4.79 Å². The number of amides is 1. The maximum Gasteiger partial charge on any atom is 0.246 e. The van der Waals surface area contributed by atoms with Crippen LogP contribution in [0.2, 0.25) is 0 Å². The molecule has 1 amide bonds. The van der Waals surface area contributed by atoms with E-state index in [1.165, 1.54) is 17.5 Å². The van der Waals surface area contributed by atoms with Gasteiger partial charge in [0.15, 0.2) is 0 Å². The van der Waals surface area contributed by atoms with Crippen molar-refractivity contribution in [1.82, 2.24) is 9.62 Å². The summed E-state index contributed by atoms with van der Waals surface area (Å²) < 4.78 is 37.7. The van der Waals surface area contributed by atoms with E-state index in [2.05, 4.69) is 5.32 Å². The molecule has 0 aromatic heterocycles. The van der Waals surface area contributed by atoms with Gasteiger partial charge in [-0.2, -0.15) is 4.31 Å². The van der Waals surface area contributed by atoms with Gasteiger partial charge in [0.05, 0.1) is 26.7 Å². The van der Waals surface area contributed by atoms with Crippen LogP contribution in [-0.4, -0.2) is 64.6 Å². The Kier molecular flexibility index (Phi) is 7.39. The molecule has 3 N–H and O–H groups in total. The van der Waals surface area contributed by atoms with Crippen molar-refractivity contribution in [2.75, 3.05) is 40.0 Å². The lowest BCUT2D eigenvalue weighted by atomic mass is 10.1. The standard InChI is InChI=1S/C17H27N3O5S/c1-13(18)5-6-19-17(21)12-14-3-4-15(24-2)16(11-14)26(22,23)20-7-9-25-10-8-20/h3-4,11,13H,5-10,12,18H2,1-2H3,(H,19,21). The molecule has 146 valence electrons. The van der Waals surface area contributed by atoms with Crippen LogP contribution >= 0.6 is 0 Å². The lowest BCUT2D eigenvalue weighted by Gasteiger charge is -2.26. The van der Waals surface area contributed by atoms with Crippen molar-refractivity contribution < 1.29 is 22.7 Å². The fourth-order valence-corrected chi connectivity index (χ4v) is 4.26. The molecule has 1 aromatic carbocycles. The Hall–Kier alpha value is -1.68. The first-order chi connectivity index (χ1) is 12.3. The third-order valence-electron chi connectivity index (χ3n) is 4.10. The van der Waals surface area contributed by atoms with E-state index < -0.39 is 10.0 Å². The van der Waals surface area contributed by atoms with Crippen molar-refractivity contribution >= 4 is 15.9 Å². The van der Waals surface area contributed by atoms with E-state index in [1.54, 1.807) is 12.1 Å². The molecule has 26 heavy (non-hydrogen) atoms. The van der Waals surface area contributed by atoms with Crippen LogP contribution in [0.1, 0.15) is 18.9 Å². The second-order valence-corrected chi connectivity index (χ2v) is 8.20. The maximum atomic E-state index is 12.9. The molecule has 0 spiro atoms. The normalized spacial score (nSPS) is 16.9. The first-order valence-electron chi connectivity index (χ1n) is 8.61. The van der Waals surface area contributed by atoms with E-state index in [0.717, 1.165) is 0 Å². The molecule has 0 saturated carbocycles. The molecule has 2 rings (SSSR count). The molecule has 0 radical (unpaired) electrons. The van der Waals surface area contributed by atoms with Crippen LogP contribution in [0.25, 0.3) is 0 Å². The minimum atomic E-state index is -3.71. The molecule has 0 aliphatic carbocycles. The molecule has 1 aliphatic rings. The molecule has 1 unspecified atom stereocenters. The Morgan fingerprint density at radius 2 is 2.08 bits per heavy atom. The highest BCUT2D eigenvalue weighted by Crippen LogP contribution is 2.28. The van der Waals surface area contributed by atoms with Crippen molar-refractivity contribution in [3.63, 3.8) is 0 Å². The number of benzene rings is 1. The average Bonchev–Trinajstić information content (AvgIpc) is 2.62. The van der Waals surface area contributed by atoms with E-state index in [-0.39, 0.29) is 29.0 Å². The summed E-state index contributed by atoms with van der Waals surface area (Å²) in [6.07, 6.45) is 0.777. The molecule has 1 saturated heterocycles. The third-order valence-corrected chi connectivity index (χ3v) is 6.02. The van der Waals surface area contributed by atoms with Gasteiger partial charge < -0.3 is 20.5 Å². The molecule has 9 heteroatoms. The second-order valence-electron chi connectivity index (χ2n) is 6.29. The first kappa shape index (κ1) is 20.6. The van der Waals surface area contributed by atoms with Gasteiger partial charge in [-0.15, -0.1) is 0 Å². The van der Waals surface area contributed by atoms with Crippen LogP contribution in [0.4, 0.5) is 0 Å². The second kappa shape index (κ2) is 9.31. The van der Waals surface area contributed by atoms with Gasteiger partial charge in [0, 0.05) is 25.7 Å². The molecular weight excluding hydrogens is 358 g/mol. The molecule has 0 bridgehead atoms. The quantitative estimate of drug-likeness (QED) is 0.657. The van der Waals surface area contributed by atoms with Crippen LogP contribution in [-0.2, 0) is 26.0 Å². The number of nitrogens with one attached hydrogen (secondary N) is 1. The number of carbonyl (C=O) groups is 1. The molecule has 1 aliphatic heterocycles. The van der Waals surface area contributed by atoms with Gasteiger partial charge in [0.1, 0.15) is 10.6 Å². The van der Waals surface area contributed by atoms with E-state index in [1.807, 2.05) is 6.92 Å². The fraction of sp³-hybridized carbons (Fsp3) is 0.588. The van der Waals surface area contributed by atoms with E-state index >= 15 is 0 Å². The van der Waals surface area contributed by atoms with Crippen LogP contribution in [0.3, 0.4) is 0 Å². The SMILES string of the molecule is COc1ccc(CC(=O)NCCC(C)N)cc1S(=O)(=O)N1CCOCC1. The average molecular weight is 385 g/mol. The smallest absolute Gasteiger partial charge is 0.246 e. The Bertz CT molecular complexity index is 715. The Morgan fingerprint density at radius 1 is 1.38 bits per heavy atom. The third kappa shape index (κ3) is 5.41. The first-order valence-corrected chi connectivity index (χ1v) is 10.1. The van der Waals surface area contributed by atoms with Crippen LogP contribution in [0.5, 0.6) is 5.75 Å². The topological polar surface area (TPSA) is 111 Å². The highest BCUT2D eigenvalue weighted by Gasteiger charge is 2.29. The van der Waals surface area contributed by atoms with Gasteiger partial charge in [0.2, 0.25) is 15.9 Å². The summed E-state index contributed by atoms with van der Waals surface area (Å²) in [5.74, 6) is 0.0862. The number of hydrogen-bond acceptors (Lipinski definition) is 6. The Labute approximate surface area is 154 Å². The van der Waals surface area contributed by atoms with Crippen molar-refractivity contribution in [2.24, 2.45) is 5.73 Å². The van der Waals surface area contributed by atoms with E-state index in [4.69, 9.17) is 15.2 Å². The summed E-state index contributed by atoms with van der Waals surface area (Å²) in [7, 11) is -2.29. The number of methoxy groups -OCH3 is 1. The summed E-state index contributed by atoms with van der Waals surface area (Å²) in [4.78, 5) is 12.1. The fourth-order valence-electron chi connectivity index (χ4n) is 2.65. The number of rotatable bonds is 8. The van der Waals surface area contributed by atoms with Crippen molar-refractivity contribution in [2.45, 2.75) is 30.7 Å². The summed E-state index contributed by atoms with van der Waals surface area (Å²) in [6, 6.07) is 4.80. The van der Waals surface area contributed by atoms with Crippen LogP contribution < -0.4 is 15.8 Å². The number of nitrogens with two attached hydrogens (primary N) is 1. The number of carbonyl (C=O) groups excluding carboxylic acids is 1. The summed E-state index contributed by atoms with van der Waals surface area (Å²) >= 11 is 0. The number of sulfonamides is 1. The van der Waals surface area contributed by atoms with Gasteiger partial charge in [0.25, 0.3) is 0 Å². The van der Waals surface area contributed by atoms with Crippen LogP contribution in [0, 0.1) is 0 Å². The van der Waals surface area contributed by atoms with Gasteiger partial charge in [-0.1, -0.05) is 6.07 Å². The highest BCUT2D eigenvalue weighted by molar-refractivity contribution is 7.89. The number of hydrogen-bond donors (Lipinski definition) is 2. The predicted molar refractivity (Wildman–Crippen MR) is 97.6 cm³/mol. The zero-order valence-corrected chi connectivity index (χ0v) is 16.0. The lowest BCUT2D eigenvalue weighted by Crippen LogP contribution is -2.40. The predicted octanol–water partition coefficient (Wildman–Crippen LogP) is 0.112. The zero-order valence-electron chi connectivity index (χ0n) is 15.2. The summed E-state index contributed by atoms with van der Waals surface area (Å²) in [6.45, 7) is 3.69. The van der Waals surface area contributed by atoms with E-state index in [9.17, 15) is 13.2 Å². The number of ether oxygens (including phenoxy) is 2. The largest absolute Gasteiger partial charge is 0.495 e. The Balaban J connectivity index is 2.16.